The molecule has 20 heavy (non-hydrogen) atoms. The molecule has 0 N–H and O–H groups in total. The third kappa shape index (κ3) is 3.23. The number of ether oxygens (including phenoxy) is 1. The predicted molar refractivity (Wildman–Crippen MR) is 77.0 cm³/mol. The van der Waals surface area contributed by atoms with Gasteiger partial charge < -0.3 is 9.64 Å². The highest BCUT2D eigenvalue weighted by molar-refractivity contribution is 6.29. The third-order valence-electron chi connectivity index (χ3n) is 2.73. The summed E-state index contributed by atoms with van der Waals surface area (Å²) >= 11 is 5.99. The van der Waals surface area contributed by atoms with Crippen LogP contribution in [0, 0.1) is 11.3 Å². The number of rotatable bonds is 4. The molecular formula is C14H13ClN4O. The van der Waals surface area contributed by atoms with Crippen molar-refractivity contribution >= 4 is 23.1 Å². The molecule has 0 aliphatic rings. The second-order valence-electron chi connectivity index (χ2n) is 4.12. The van der Waals surface area contributed by atoms with Crippen LogP contribution >= 0.6 is 11.6 Å². The van der Waals surface area contributed by atoms with Gasteiger partial charge in [0.05, 0.1) is 11.6 Å². The largest absolute Gasteiger partial charge is 0.377 e. The predicted octanol–water partition coefficient (Wildman–Crippen LogP) is 2.92. The Morgan fingerprint density at radius 3 is 2.60 bits per heavy atom. The van der Waals surface area contributed by atoms with E-state index >= 15 is 0 Å². The Morgan fingerprint density at radius 1 is 1.30 bits per heavy atom. The molecule has 102 valence electrons. The smallest absolute Gasteiger partial charge is 0.158 e. The maximum Gasteiger partial charge on any atom is 0.158 e. The lowest BCUT2D eigenvalue weighted by Crippen LogP contribution is -2.13. The zero-order chi connectivity index (χ0) is 14.5. The third-order valence-corrected chi connectivity index (χ3v) is 2.92. The van der Waals surface area contributed by atoms with Crippen LogP contribution in [0.1, 0.15) is 11.4 Å². The quantitative estimate of drug-likeness (QED) is 0.810. The minimum atomic E-state index is 0.300. The van der Waals surface area contributed by atoms with E-state index in [-0.39, 0.29) is 0 Å². The highest BCUT2D eigenvalue weighted by atomic mass is 35.5. The van der Waals surface area contributed by atoms with E-state index in [1.165, 1.54) is 0 Å². The fraction of sp³-hybridized carbons (Fsp3) is 0.214. The topological polar surface area (TPSA) is 62.0 Å². The molecule has 6 heteroatoms. The summed E-state index contributed by atoms with van der Waals surface area (Å²) in [6, 6.07) is 11.0. The molecule has 0 fully saturated rings. The van der Waals surface area contributed by atoms with Gasteiger partial charge in [-0.3, -0.25) is 0 Å². The molecule has 1 aromatic carbocycles. The highest BCUT2D eigenvalue weighted by Gasteiger charge is 2.09. The van der Waals surface area contributed by atoms with Gasteiger partial charge in [0.2, 0.25) is 0 Å². The molecule has 0 amide bonds. The lowest BCUT2D eigenvalue weighted by molar-refractivity contribution is 0.178. The van der Waals surface area contributed by atoms with E-state index in [4.69, 9.17) is 21.6 Å². The Hall–Kier alpha value is -2.16. The SMILES string of the molecule is COCc1nc(Cl)cc(N(C)c2ccc(C#N)cc2)n1. The van der Waals surface area contributed by atoms with Crippen LogP contribution in [0.4, 0.5) is 11.5 Å². The number of nitriles is 1. The van der Waals surface area contributed by atoms with Crippen molar-refractivity contribution in [2.75, 3.05) is 19.1 Å². The fourth-order valence-electron chi connectivity index (χ4n) is 1.71. The van der Waals surface area contributed by atoms with Gasteiger partial charge in [-0.25, -0.2) is 9.97 Å². The standard InChI is InChI=1S/C14H13ClN4O/c1-19(11-5-3-10(8-16)4-6-11)14-7-12(15)17-13(18-14)9-20-2/h3-7H,9H2,1-2H3. The average molecular weight is 289 g/mol. The summed E-state index contributed by atoms with van der Waals surface area (Å²) in [6.45, 7) is 0.300. The van der Waals surface area contributed by atoms with E-state index in [0.717, 1.165) is 5.69 Å². The van der Waals surface area contributed by atoms with Gasteiger partial charge in [-0.2, -0.15) is 5.26 Å². The molecule has 2 aromatic rings. The molecule has 1 heterocycles. The van der Waals surface area contributed by atoms with Crippen LogP contribution in [0.25, 0.3) is 0 Å². The van der Waals surface area contributed by atoms with Gasteiger partial charge in [-0.05, 0) is 24.3 Å². The first kappa shape index (κ1) is 14.3. The minimum absolute atomic E-state index is 0.300. The maximum absolute atomic E-state index is 8.80. The van der Waals surface area contributed by atoms with E-state index in [2.05, 4.69) is 16.0 Å². The summed E-state index contributed by atoms with van der Waals surface area (Å²) in [5.74, 6) is 1.19. The Balaban J connectivity index is 2.31. The van der Waals surface area contributed by atoms with Crippen LogP contribution in [-0.2, 0) is 11.3 Å². The van der Waals surface area contributed by atoms with E-state index in [1.54, 1.807) is 25.3 Å². The molecule has 0 spiro atoms. The van der Waals surface area contributed by atoms with Crippen molar-refractivity contribution in [1.29, 1.82) is 5.26 Å². The molecule has 0 bridgehead atoms. The summed E-state index contributed by atoms with van der Waals surface area (Å²) in [5, 5.41) is 9.16. The van der Waals surface area contributed by atoms with E-state index in [1.807, 2.05) is 24.1 Å². The summed E-state index contributed by atoms with van der Waals surface area (Å²) in [7, 11) is 3.45. The fourth-order valence-corrected chi connectivity index (χ4v) is 1.90. The molecule has 2 rings (SSSR count). The highest BCUT2D eigenvalue weighted by Crippen LogP contribution is 2.24. The number of nitrogens with zero attached hydrogens (tertiary/aromatic N) is 4. The van der Waals surface area contributed by atoms with Crippen molar-refractivity contribution in [2.24, 2.45) is 0 Å². The van der Waals surface area contributed by atoms with Gasteiger partial charge in [0.15, 0.2) is 5.82 Å². The summed E-state index contributed by atoms with van der Waals surface area (Å²) in [6.07, 6.45) is 0. The maximum atomic E-state index is 8.80. The van der Waals surface area contributed by atoms with Crippen molar-refractivity contribution in [3.63, 3.8) is 0 Å². The normalized spacial score (nSPS) is 10.1. The lowest BCUT2D eigenvalue weighted by Gasteiger charge is -2.19. The van der Waals surface area contributed by atoms with Crippen molar-refractivity contribution in [2.45, 2.75) is 6.61 Å². The van der Waals surface area contributed by atoms with Crippen LogP contribution in [-0.4, -0.2) is 24.1 Å². The summed E-state index contributed by atoms with van der Waals surface area (Å²) < 4.78 is 5.02. The zero-order valence-corrected chi connectivity index (χ0v) is 11.9. The Bertz CT molecular complexity index is 637. The van der Waals surface area contributed by atoms with Crippen molar-refractivity contribution in [3.05, 3.63) is 46.9 Å². The van der Waals surface area contributed by atoms with Crippen molar-refractivity contribution < 1.29 is 4.74 Å². The number of halogens is 1. The van der Waals surface area contributed by atoms with Gasteiger partial charge in [-0.15, -0.1) is 0 Å². The van der Waals surface area contributed by atoms with Crippen molar-refractivity contribution in [1.82, 2.24) is 9.97 Å². The minimum Gasteiger partial charge on any atom is -0.377 e. The van der Waals surface area contributed by atoms with Gasteiger partial charge in [0.25, 0.3) is 0 Å². The number of benzene rings is 1. The van der Waals surface area contributed by atoms with Crippen LogP contribution < -0.4 is 4.90 Å². The summed E-state index contributed by atoms with van der Waals surface area (Å²) in [4.78, 5) is 10.3. The van der Waals surface area contributed by atoms with E-state index in [0.29, 0.717) is 29.0 Å². The molecule has 0 saturated carbocycles. The first-order valence-corrected chi connectivity index (χ1v) is 6.28. The molecule has 1 aromatic heterocycles. The first-order valence-electron chi connectivity index (χ1n) is 5.90. The molecular weight excluding hydrogens is 276 g/mol. The van der Waals surface area contributed by atoms with Crippen LogP contribution in [0.2, 0.25) is 5.15 Å². The first-order chi connectivity index (χ1) is 9.63. The number of hydrogen-bond acceptors (Lipinski definition) is 5. The van der Waals surface area contributed by atoms with E-state index < -0.39 is 0 Å². The van der Waals surface area contributed by atoms with Crippen LogP contribution in [0.5, 0.6) is 0 Å². The monoisotopic (exact) mass is 288 g/mol. The zero-order valence-electron chi connectivity index (χ0n) is 11.2. The van der Waals surface area contributed by atoms with Crippen LogP contribution in [0.15, 0.2) is 30.3 Å². The average Bonchev–Trinajstić information content (AvgIpc) is 2.46. The van der Waals surface area contributed by atoms with Gasteiger partial charge >= 0.3 is 0 Å². The number of anilines is 2. The molecule has 0 aliphatic heterocycles. The molecule has 0 radical (unpaired) electrons. The molecule has 5 nitrogen and oxygen atoms in total. The molecule has 0 saturated heterocycles. The Kier molecular flexibility index (Phi) is 4.51. The number of aromatic nitrogens is 2. The summed E-state index contributed by atoms with van der Waals surface area (Å²) in [5.41, 5.74) is 1.52. The second kappa shape index (κ2) is 6.33. The number of methoxy groups -OCH3 is 1. The Labute approximate surface area is 122 Å². The molecule has 0 aliphatic carbocycles. The molecule has 0 unspecified atom stereocenters. The Morgan fingerprint density at radius 2 is 2.00 bits per heavy atom. The van der Waals surface area contributed by atoms with E-state index in [9.17, 15) is 0 Å². The molecule has 0 atom stereocenters. The van der Waals surface area contributed by atoms with Crippen LogP contribution in [0.3, 0.4) is 0 Å². The number of hydrogen-bond donors (Lipinski definition) is 0. The van der Waals surface area contributed by atoms with Gasteiger partial charge in [0.1, 0.15) is 17.6 Å². The van der Waals surface area contributed by atoms with Gasteiger partial charge in [-0.1, -0.05) is 11.6 Å². The second-order valence-corrected chi connectivity index (χ2v) is 4.50. The van der Waals surface area contributed by atoms with Gasteiger partial charge in [0, 0.05) is 25.9 Å². The lowest BCUT2D eigenvalue weighted by atomic mass is 10.2. The van der Waals surface area contributed by atoms with Crippen molar-refractivity contribution in [3.8, 4) is 6.07 Å².